The molecule has 28 heavy (non-hydrogen) atoms. The molecule has 0 aliphatic carbocycles. The monoisotopic (exact) mass is 396 g/mol. The second kappa shape index (κ2) is 9.09. The third-order valence-electron chi connectivity index (χ3n) is 4.60. The molecule has 146 valence electrons. The molecule has 0 saturated heterocycles. The summed E-state index contributed by atoms with van der Waals surface area (Å²) in [7, 11) is 1.67. The van der Waals surface area contributed by atoms with Crippen molar-refractivity contribution in [2.45, 2.75) is 7.43 Å². The van der Waals surface area contributed by atoms with Gasteiger partial charge in [-0.05, 0) is 40.6 Å². The Morgan fingerprint density at radius 3 is 2.61 bits per heavy atom. The van der Waals surface area contributed by atoms with Crippen molar-refractivity contribution in [3.8, 4) is 16.9 Å². The molecule has 1 aliphatic heterocycles. The van der Waals surface area contributed by atoms with E-state index < -0.39 is 0 Å². The van der Waals surface area contributed by atoms with Gasteiger partial charge < -0.3 is 14.8 Å². The van der Waals surface area contributed by atoms with Crippen LogP contribution < -0.4 is 10.1 Å². The van der Waals surface area contributed by atoms with Gasteiger partial charge in [-0.1, -0.05) is 49.4 Å². The van der Waals surface area contributed by atoms with Gasteiger partial charge in [0.2, 0.25) is 0 Å². The molecule has 0 amide bonds. The van der Waals surface area contributed by atoms with Gasteiger partial charge in [0.25, 0.3) is 0 Å². The normalized spacial score (nSPS) is 13.0. The molecule has 0 bridgehead atoms. The highest BCUT2D eigenvalue weighted by Gasteiger charge is 2.16. The highest BCUT2D eigenvalue weighted by Crippen LogP contribution is 2.33. The Hall–Kier alpha value is -2.56. The van der Waals surface area contributed by atoms with Crippen molar-refractivity contribution < 1.29 is 9.47 Å². The maximum absolute atomic E-state index is 6.38. The summed E-state index contributed by atoms with van der Waals surface area (Å²) in [6.07, 6.45) is 0. The number of aliphatic imine (C=N–C) groups is 1. The molecule has 1 heterocycles. The second-order valence-electron chi connectivity index (χ2n) is 6.39. The average molecular weight is 397 g/mol. The molecule has 0 aromatic heterocycles. The fraction of sp³-hybridized carbons (Fsp3) is 0.261. The number of amidine groups is 1. The number of nitrogens with zero attached hydrogens (tertiary/aromatic N) is 1. The lowest BCUT2D eigenvalue weighted by molar-refractivity contribution is 0.146. The smallest absolute Gasteiger partial charge is 0.132 e. The summed E-state index contributed by atoms with van der Waals surface area (Å²) in [5, 5.41) is 6.32. The van der Waals surface area contributed by atoms with Crippen LogP contribution in [0.2, 0.25) is 5.02 Å². The minimum Gasteiger partial charge on any atom is -0.490 e. The molecule has 0 saturated carbocycles. The first-order chi connectivity index (χ1) is 13.3. The highest BCUT2D eigenvalue weighted by molar-refractivity contribution is 6.33. The minimum absolute atomic E-state index is 0. The van der Waals surface area contributed by atoms with Crippen molar-refractivity contribution in [1.29, 1.82) is 0 Å². The minimum atomic E-state index is 0. The first-order valence-corrected chi connectivity index (χ1v) is 9.37. The lowest BCUT2D eigenvalue weighted by Crippen LogP contribution is -2.20. The Morgan fingerprint density at radius 2 is 1.86 bits per heavy atom. The average Bonchev–Trinajstić information content (AvgIpc) is 3.22. The summed E-state index contributed by atoms with van der Waals surface area (Å²) in [5.74, 6) is 1.70. The van der Waals surface area contributed by atoms with Gasteiger partial charge in [-0.3, -0.25) is 4.99 Å². The molecule has 3 aromatic carbocycles. The van der Waals surface area contributed by atoms with Crippen molar-refractivity contribution in [3.05, 3.63) is 65.2 Å². The van der Waals surface area contributed by atoms with Gasteiger partial charge in [-0.25, -0.2) is 0 Å². The first-order valence-electron chi connectivity index (χ1n) is 8.99. The van der Waals surface area contributed by atoms with Crippen LogP contribution in [0.3, 0.4) is 0 Å². The summed E-state index contributed by atoms with van der Waals surface area (Å²) < 4.78 is 11.1. The van der Waals surface area contributed by atoms with Crippen LogP contribution in [0.25, 0.3) is 21.9 Å². The van der Waals surface area contributed by atoms with Crippen LogP contribution in [-0.4, -0.2) is 39.2 Å². The number of ether oxygens (including phenoxy) is 2. The van der Waals surface area contributed by atoms with Gasteiger partial charge >= 0.3 is 0 Å². The summed E-state index contributed by atoms with van der Waals surface area (Å²) >= 11 is 6.38. The fourth-order valence-electron chi connectivity index (χ4n) is 3.26. The number of methoxy groups -OCH3 is 1. The van der Waals surface area contributed by atoms with Gasteiger partial charge in [-0.15, -0.1) is 0 Å². The van der Waals surface area contributed by atoms with E-state index in [2.05, 4.69) is 40.6 Å². The van der Waals surface area contributed by atoms with Crippen LogP contribution in [0.15, 0.2) is 59.6 Å². The van der Waals surface area contributed by atoms with Crippen molar-refractivity contribution in [1.82, 2.24) is 5.32 Å². The molecule has 4 rings (SSSR count). The zero-order valence-electron chi connectivity index (χ0n) is 15.2. The molecule has 4 nitrogen and oxygen atoms in total. The van der Waals surface area contributed by atoms with E-state index in [4.69, 9.17) is 21.1 Å². The van der Waals surface area contributed by atoms with Gasteiger partial charge in [0, 0.05) is 24.2 Å². The third-order valence-corrected chi connectivity index (χ3v) is 4.93. The molecule has 5 heteroatoms. The largest absolute Gasteiger partial charge is 0.490 e. The number of halogens is 1. The molecular formula is C23H25ClN2O2. The zero-order valence-corrected chi connectivity index (χ0v) is 15.9. The van der Waals surface area contributed by atoms with Gasteiger partial charge in [0.15, 0.2) is 0 Å². The summed E-state index contributed by atoms with van der Waals surface area (Å²) in [6, 6.07) is 18.5. The van der Waals surface area contributed by atoms with E-state index in [-0.39, 0.29) is 7.43 Å². The van der Waals surface area contributed by atoms with Gasteiger partial charge in [0.1, 0.15) is 18.2 Å². The summed E-state index contributed by atoms with van der Waals surface area (Å²) in [5.41, 5.74) is 3.10. The molecule has 0 spiro atoms. The van der Waals surface area contributed by atoms with Crippen molar-refractivity contribution >= 4 is 28.2 Å². The van der Waals surface area contributed by atoms with Crippen LogP contribution in [0, 0.1) is 0 Å². The van der Waals surface area contributed by atoms with E-state index in [9.17, 15) is 0 Å². The standard InChI is InChI=1S/C22H21ClN2O2.CH4/c1-26-10-11-27-21-14-15-6-7-16(18-4-2-3-5-20(18)23)12-17(15)13-19(21)22-24-8-9-25-22;/h2-7,12-14H,8-11H2,1H3,(H,24,25);1H4. The topological polar surface area (TPSA) is 42.9 Å². The summed E-state index contributed by atoms with van der Waals surface area (Å²) in [6.45, 7) is 2.68. The van der Waals surface area contributed by atoms with Crippen molar-refractivity contribution in [2.24, 2.45) is 4.99 Å². The molecule has 3 aromatic rings. The Balaban J connectivity index is 0.00000225. The van der Waals surface area contributed by atoms with Crippen LogP contribution in [0.5, 0.6) is 5.75 Å². The SMILES string of the molecule is C.COCCOc1cc2ccc(-c3ccccc3Cl)cc2cc1C1=NCCN1. The number of hydrogen-bond donors (Lipinski definition) is 1. The Labute approximate surface area is 171 Å². The molecule has 0 unspecified atom stereocenters. The molecule has 1 N–H and O–H groups in total. The fourth-order valence-corrected chi connectivity index (χ4v) is 3.50. The zero-order chi connectivity index (χ0) is 18.6. The first kappa shape index (κ1) is 20.2. The predicted octanol–water partition coefficient (Wildman–Crippen LogP) is 5.17. The predicted molar refractivity (Wildman–Crippen MR) is 118 cm³/mol. The van der Waals surface area contributed by atoms with E-state index in [0.29, 0.717) is 13.2 Å². The molecule has 0 radical (unpaired) electrons. The van der Waals surface area contributed by atoms with Gasteiger partial charge in [-0.2, -0.15) is 0 Å². The quantitative estimate of drug-likeness (QED) is 0.584. The Bertz CT molecular complexity index is 1000. The van der Waals surface area contributed by atoms with Crippen LogP contribution in [-0.2, 0) is 4.74 Å². The van der Waals surface area contributed by atoms with E-state index in [1.165, 1.54) is 0 Å². The van der Waals surface area contributed by atoms with E-state index >= 15 is 0 Å². The molecule has 0 atom stereocenters. The van der Waals surface area contributed by atoms with Crippen LogP contribution in [0.1, 0.15) is 13.0 Å². The Morgan fingerprint density at radius 1 is 1.00 bits per heavy atom. The van der Waals surface area contributed by atoms with E-state index in [1.54, 1.807) is 7.11 Å². The summed E-state index contributed by atoms with van der Waals surface area (Å²) in [4.78, 5) is 4.57. The Kier molecular flexibility index (Phi) is 6.55. The van der Waals surface area contributed by atoms with E-state index in [1.807, 2.05) is 24.3 Å². The van der Waals surface area contributed by atoms with Crippen molar-refractivity contribution in [3.63, 3.8) is 0 Å². The highest BCUT2D eigenvalue weighted by atomic mass is 35.5. The maximum atomic E-state index is 6.38. The lowest BCUT2D eigenvalue weighted by Gasteiger charge is -2.14. The third kappa shape index (κ3) is 4.13. The van der Waals surface area contributed by atoms with Crippen LogP contribution >= 0.6 is 11.6 Å². The number of benzene rings is 3. The van der Waals surface area contributed by atoms with E-state index in [0.717, 1.165) is 57.2 Å². The van der Waals surface area contributed by atoms with Crippen LogP contribution in [0.4, 0.5) is 0 Å². The van der Waals surface area contributed by atoms with Gasteiger partial charge in [0.05, 0.1) is 18.7 Å². The maximum Gasteiger partial charge on any atom is 0.132 e. The second-order valence-corrected chi connectivity index (χ2v) is 6.80. The number of rotatable bonds is 6. The number of hydrogen-bond acceptors (Lipinski definition) is 4. The van der Waals surface area contributed by atoms with Crippen molar-refractivity contribution in [2.75, 3.05) is 33.4 Å². The number of fused-ring (bicyclic) bond motifs is 1. The number of nitrogens with one attached hydrogen (secondary N) is 1. The molecule has 1 aliphatic rings. The molecule has 0 fully saturated rings. The molecular weight excluding hydrogens is 372 g/mol. The lowest BCUT2D eigenvalue weighted by atomic mass is 9.99.